The second kappa shape index (κ2) is 8.17. The fraction of sp³-hybridized carbons (Fsp3) is 0.409. The molecule has 0 unspecified atom stereocenters. The van der Waals surface area contributed by atoms with Gasteiger partial charge in [-0.05, 0) is 54.0 Å². The van der Waals surface area contributed by atoms with E-state index in [1.807, 2.05) is 4.90 Å². The van der Waals surface area contributed by atoms with Gasteiger partial charge in [-0.3, -0.25) is 4.79 Å². The van der Waals surface area contributed by atoms with Gasteiger partial charge in [-0.15, -0.1) is 11.3 Å². The zero-order chi connectivity index (χ0) is 18.8. The van der Waals surface area contributed by atoms with Crippen molar-refractivity contribution < 1.29 is 9.53 Å². The second-order valence-electron chi connectivity index (χ2n) is 7.36. The highest BCUT2D eigenvalue weighted by atomic mass is 35.5. The quantitative estimate of drug-likeness (QED) is 0.672. The molecule has 1 saturated heterocycles. The Morgan fingerprint density at radius 3 is 2.85 bits per heavy atom. The third kappa shape index (κ3) is 3.98. The summed E-state index contributed by atoms with van der Waals surface area (Å²) < 4.78 is 6.31. The molecule has 1 fully saturated rings. The SMILES string of the molecule is C=CC(=O)N1Cc2sc(Cl)cc2[C@@H](c2ccccc2CC2CCOCC2)C1. The van der Waals surface area contributed by atoms with Crippen molar-refractivity contribution in [3.05, 3.63) is 68.9 Å². The van der Waals surface area contributed by atoms with Crippen LogP contribution in [0.1, 0.15) is 40.3 Å². The molecule has 1 atom stereocenters. The summed E-state index contributed by atoms with van der Waals surface area (Å²) in [5, 5.41) is 0. The van der Waals surface area contributed by atoms with Crippen LogP contribution in [-0.2, 0) is 22.5 Å². The van der Waals surface area contributed by atoms with Crippen LogP contribution in [0.5, 0.6) is 0 Å². The average Bonchev–Trinajstić information content (AvgIpc) is 3.08. The first-order valence-electron chi connectivity index (χ1n) is 9.50. The standard InChI is InChI=1S/C22H24ClNO2S/c1-2-22(25)24-13-19(18-12-21(23)27-20(18)14-24)17-6-4-3-5-16(17)11-15-7-9-26-10-8-15/h2-6,12,15,19H,1,7-11,13-14H2/t19-/m1/s1. The van der Waals surface area contributed by atoms with Crippen LogP contribution in [0.4, 0.5) is 0 Å². The molecule has 0 spiro atoms. The maximum absolute atomic E-state index is 12.3. The van der Waals surface area contributed by atoms with Gasteiger partial charge < -0.3 is 9.64 Å². The second-order valence-corrected chi connectivity index (χ2v) is 9.13. The number of nitrogens with zero attached hydrogens (tertiary/aromatic N) is 1. The van der Waals surface area contributed by atoms with Crippen molar-refractivity contribution in [2.24, 2.45) is 5.92 Å². The van der Waals surface area contributed by atoms with E-state index in [0.717, 1.165) is 36.8 Å². The Kier molecular flexibility index (Phi) is 5.67. The van der Waals surface area contributed by atoms with Gasteiger partial charge in [0.25, 0.3) is 0 Å². The van der Waals surface area contributed by atoms with E-state index < -0.39 is 0 Å². The predicted molar refractivity (Wildman–Crippen MR) is 110 cm³/mol. The minimum atomic E-state index is -0.0166. The number of ether oxygens (including phenoxy) is 1. The number of rotatable bonds is 4. The Balaban J connectivity index is 1.69. The summed E-state index contributed by atoms with van der Waals surface area (Å²) >= 11 is 7.92. The first-order valence-corrected chi connectivity index (χ1v) is 10.7. The monoisotopic (exact) mass is 401 g/mol. The molecule has 1 aromatic heterocycles. The van der Waals surface area contributed by atoms with Gasteiger partial charge in [0, 0.05) is 30.6 Å². The number of carbonyl (C=O) groups excluding carboxylic acids is 1. The molecule has 5 heteroatoms. The van der Waals surface area contributed by atoms with Gasteiger partial charge >= 0.3 is 0 Å². The van der Waals surface area contributed by atoms with Gasteiger partial charge in [0.05, 0.1) is 10.9 Å². The summed E-state index contributed by atoms with van der Waals surface area (Å²) in [5.74, 6) is 0.814. The molecule has 3 nitrogen and oxygen atoms in total. The van der Waals surface area contributed by atoms with Crippen LogP contribution in [0, 0.1) is 5.92 Å². The maximum atomic E-state index is 12.3. The number of amides is 1. The smallest absolute Gasteiger partial charge is 0.246 e. The maximum Gasteiger partial charge on any atom is 0.246 e. The van der Waals surface area contributed by atoms with Gasteiger partial charge in [-0.1, -0.05) is 42.4 Å². The topological polar surface area (TPSA) is 29.5 Å². The number of hydrogen-bond donors (Lipinski definition) is 0. The molecule has 2 aliphatic heterocycles. The molecule has 2 aliphatic rings. The Morgan fingerprint density at radius 2 is 2.07 bits per heavy atom. The largest absolute Gasteiger partial charge is 0.381 e. The van der Waals surface area contributed by atoms with Crippen molar-refractivity contribution in [2.75, 3.05) is 19.8 Å². The number of halogens is 1. The normalized spacial score (nSPS) is 20.3. The molecule has 0 radical (unpaired) electrons. The van der Waals surface area contributed by atoms with Gasteiger partial charge in [0.15, 0.2) is 0 Å². The van der Waals surface area contributed by atoms with Crippen LogP contribution in [0.2, 0.25) is 4.34 Å². The van der Waals surface area contributed by atoms with Crippen molar-refractivity contribution in [3.8, 4) is 0 Å². The van der Waals surface area contributed by atoms with Gasteiger partial charge in [0.1, 0.15) is 0 Å². The van der Waals surface area contributed by atoms with Crippen LogP contribution in [0.3, 0.4) is 0 Å². The lowest BCUT2D eigenvalue weighted by atomic mass is 9.82. The molecule has 1 amide bonds. The molecule has 142 valence electrons. The lowest BCUT2D eigenvalue weighted by molar-refractivity contribution is -0.127. The third-order valence-electron chi connectivity index (χ3n) is 5.69. The molecule has 0 bridgehead atoms. The summed E-state index contributed by atoms with van der Waals surface area (Å²) in [5.41, 5.74) is 3.98. The molecule has 27 heavy (non-hydrogen) atoms. The predicted octanol–water partition coefficient (Wildman–Crippen LogP) is 5.03. The third-order valence-corrected chi connectivity index (χ3v) is 6.96. The summed E-state index contributed by atoms with van der Waals surface area (Å²) in [4.78, 5) is 15.4. The van der Waals surface area contributed by atoms with Gasteiger partial charge in [0.2, 0.25) is 5.91 Å². The zero-order valence-electron chi connectivity index (χ0n) is 15.3. The van der Waals surface area contributed by atoms with Crippen molar-refractivity contribution in [3.63, 3.8) is 0 Å². The summed E-state index contributed by atoms with van der Waals surface area (Å²) in [6.45, 7) is 6.69. The molecule has 2 aromatic rings. The molecule has 0 aliphatic carbocycles. The molecular weight excluding hydrogens is 378 g/mol. The van der Waals surface area contributed by atoms with Crippen LogP contribution < -0.4 is 0 Å². The highest BCUT2D eigenvalue weighted by molar-refractivity contribution is 7.16. The van der Waals surface area contributed by atoms with E-state index >= 15 is 0 Å². The Labute approximate surface area is 169 Å². The first-order chi connectivity index (χ1) is 13.2. The summed E-state index contributed by atoms with van der Waals surface area (Å²) in [6.07, 6.45) is 4.72. The van der Waals surface area contributed by atoms with Crippen molar-refractivity contribution >= 4 is 28.8 Å². The number of hydrogen-bond acceptors (Lipinski definition) is 3. The van der Waals surface area contributed by atoms with Crippen molar-refractivity contribution in [1.82, 2.24) is 4.90 Å². The highest BCUT2D eigenvalue weighted by Gasteiger charge is 2.31. The van der Waals surface area contributed by atoms with Gasteiger partial charge in [-0.2, -0.15) is 0 Å². The van der Waals surface area contributed by atoms with E-state index in [2.05, 4.69) is 36.9 Å². The number of fused-ring (bicyclic) bond motifs is 1. The van der Waals surface area contributed by atoms with Crippen LogP contribution in [0.25, 0.3) is 0 Å². The van der Waals surface area contributed by atoms with E-state index in [4.69, 9.17) is 16.3 Å². The van der Waals surface area contributed by atoms with E-state index in [0.29, 0.717) is 19.0 Å². The van der Waals surface area contributed by atoms with Crippen LogP contribution >= 0.6 is 22.9 Å². The Hall–Kier alpha value is -1.62. The molecule has 1 aromatic carbocycles. The number of thiophene rings is 1. The first kappa shape index (κ1) is 18.7. The lowest BCUT2D eigenvalue weighted by Gasteiger charge is -2.34. The summed E-state index contributed by atoms with van der Waals surface area (Å²) in [7, 11) is 0. The Morgan fingerprint density at radius 1 is 1.30 bits per heavy atom. The fourth-order valence-electron chi connectivity index (χ4n) is 4.27. The van der Waals surface area contributed by atoms with Crippen molar-refractivity contribution in [1.29, 1.82) is 0 Å². The molecule has 0 saturated carbocycles. The minimum absolute atomic E-state index is 0.0166. The molecule has 0 N–H and O–H groups in total. The minimum Gasteiger partial charge on any atom is -0.381 e. The van der Waals surface area contributed by atoms with Crippen LogP contribution in [0.15, 0.2) is 43.0 Å². The van der Waals surface area contributed by atoms with E-state index in [1.54, 1.807) is 11.3 Å². The number of carbonyl (C=O) groups is 1. The summed E-state index contributed by atoms with van der Waals surface area (Å²) in [6, 6.07) is 10.8. The van der Waals surface area contributed by atoms with E-state index in [-0.39, 0.29) is 11.8 Å². The van der Waals surface area contributed by atoms with E-state index in [9.17, 15) is 4.79 Å². The van der Waals surface area contributed by atoms with Gasteiger partial charge in [-0.25, -0.2) is 0 Å². The fourth-order valence-corrected chi connectivity index (χ4v) is 5.63. The van der Waals surface area contributed by atoms with Crippen LogP contribution in [-0.4, -0.2) is 30.6 Å². The molecule has 4 rings (SSSR count). The molecular formula is C22H24ClNO2S. The highest BCUT2D eigenvalue weighted by Crippen LogP contribution is 2.41. The number of benzene rings is 1. The average molecular weight is 402 g/mol. The Bertz CT molecular complexity index is 841. The lowest BCUT2D eigenvalue weighted by Crippen LogP contribution is -2.37. The van der Waals surface area contributed by atoms with E-state index in [1.165, 1.54) is 27.6 Å². The van der Waals surface area contributed by atoms with Crippen molar-refractivity contribution in [2.45, 2.75) is 31.7 Å². The molecule has 3 heterocycles. The zero-order valence-corrected chi connectivity index (χ0v) is 16.9.